The SMILES string of the molecule is COc1ccc(S(=O)(=O)N(Cc2cccnc2)C(CCN2C(=O)c3ccccc3C2=O)C(=O)OCc2ccccc2)cc1. The van der Waals surface area contributed by atoms with Gasteiger partial charge in [0.25, 0.3) is 11.8 Å². The van der Waals surface area contributed by atoms with Crippen LogP contribution in [0.4, 0.5) is 0 Å². The van der Waals surface area contributed by atoms with Crippen LogP contribution in [0.3, 0.4) is 0 Å². The number of imide groups is 1. The molecule has 2 heterocycles. The first-order valence-electron chi connectivity index (χ1n) is 13.5. The molecule has 2 amide bonds. The summed E-state index contributed by atoms with van der Waals surface area (Å²) < 4.78 is 40.2. The van der Waals surface area contributed by atoms with E-state index in [9.17, 15) is 22.8 Å². The van der Waals surface area contributed by atoms with Crippen LogP contribution in [0.25, 0.3) is 0 Å². The lowest BCUT2D eigenvalue weighted by Crippen LogP contribution is -2.47. The van der Waals surface area contributed by atoms with Crippen molar-refractivity contribution >= 4 is 27.8 Å². The Hall–Kier alpha value is -4.87. The number of pyridine rings is 1. The van der Waals surface area contributed by atoms with Crippen molar-refractivity contribution in [3.05, 3.63) is 126 Å². The van der Waals surface area contributed by atoms with E-state index in [1.165, 1.54) is 37.6 Å². The molecule has 1 aromatic heterocycles. The van der Waals surface area contributed by atoms with E-state index in [1.807, 2.05) is 6.07 Å². The Balaban J connectivity index is 1.50. The Bertz CT molecular complexity index is 1680. The molecule has 4 aromatic rings. The van der Waals surface area contributed by atoms with Crippen molar-refractivity contribution in [1.82, 2.24) is 14.2 Å². The summed E-state index contributed by atoms with van der Waals surface area (Å²) in [5.41, 5.74) is 1.76. The van der Waals surface area contributed by atoms with Gasteiger partial charge >= 0.3 is 5.97 Å². The summed E-state index contributed by atoms with van der Waals surface area (Å²) >= 11 is 0. The summed E-state index contributed by atoms with van der Waals surface area (Å²) in [5.74, 6) is -1.37. The highest BCUT2D eigenvalue weighted by molar-refractivity contribution is 7.89. The minimum Gasteiger partial charge on any atom is -0.497 e. The van der Waals surface area contributed by atoms with Crippen LogP contribution in [0.2, 0.25) is 0 Å². The number of amides is 2. The molecule has 11 heteroatoms. The van der Waals surface area contributed by atoms with Gasteiger partial charge in [-0.05, 0) is 60.0 Å². The molecule has 0 fully saturated rings. The molecule has 0 N–H and O–H groups in total. The van der Waals surface area contributed by atoms with Crippen LogP contribution < -0.4 is 4.74 Å². The van der Waals surface area contributed by atoms with Crippen molar-refractivity contribution in [3.8, 4) is 5.75 Å². The molecule has 1 aliphatic heterocycles. The Kier molecular flexibility index (Phi) is 8.93. The van der Waals surface area contributed by atoms with E-state index in [4.69, 9.17) is 9.47 Å². The van der Waals surface area contributed by atoms with Crippen molar-refractivity contribution in [3.63, 3.8) is 0 Å². The number of carbonyl (C=O) groups is 3. The van der Waals surface area contributed by atoms with E-state index in [0.29, 0.717) is 16.9 Å². The topological polar surface area (TPSA) is 123 Å². The van der Waals surface area contributed by atoms with Crippen molar-refractivity contribution in [1.29, 1.82) is 0 Å². The van der Waals surface area contributed by atoms with Gasteiger partial charge in [0.15, 0.2) is 0 Å². The maximum Gasteiger partial charge on any atom is 0.324 e. The van der Waals surface area contributed by atoms with Crippen LogP contribution in [0.15, 0.2) is 108 Å². The van der Waals surface area contributed by atoms with Gasteiger partial charge in [-0.2, -0.15) is 4.31 Å². The van der Waals surface area contributed by atoms with E-state index in [1.54, 1.807) is 66.9 Å². The van der Waals surface area contributed by atoms with Crippen LogP contribution >= 0.6 is 0 Å². The second-order valence-corrected chi connectivity index (χ2v) is 11.7. The zero-order chi connectivity index (χ0) is 30.4. The maximum atomic E-state index is 14.2. The molecule has 5 rings (SSSR count). The first-order valence-corrected chi connectivity index (χ1v) is 14.9. The first kappa shape index (κ1) is 29.6. The molecule has 0 aliphatic carbocycles. The Morgan fingerprint density at radius 2 is 1.49 bits per heavy atom. The lowest BCUT2D eigenvalue weighted by atomic mass is 10.1. The van der Waals surface area contributed by atoms with E-state index < -0.39 is 33.8 Å². The van der Waals surface area contributed by atoms with Crippen molar-refractivity contribution in [2.45, 2.75) is 30.5 Å². The average molecular weight is 600 g/mol. The largest absolute Gasteiger partial charge is 0.497 e. The number of nitrogens with zero attached hydrogens (tertiary/aromatic N) is 3. The molecule has 0 saturated carbocycles. The van der Waals surface area contributed by atoms with Crippen LogP contribution in [0.1, 0.15) is 38.3 Å². The standard InChI is InChI=1S/C32H29N3O7S/c1-41-25-13-15-26(16-14-25)43(39,40)35(21-24-10-7-18-33-20-24)29(32(38)42-22-23-8-3-2-4-9-23)17-19-34-30(36)27-11-5-6-12-28(27)31(34)37/h2-16,18,20,29H,17,19,21-22H2,1H3. The molecule has 220 valence electrons. The number of fused-ring (bicyclic) bond motifs is 1. The predicted octanol–water partition coefficient (Wildman–Crippen LogP) is 4.08. The zero-order valence-corrected chi connectivity index (χ0v) is 24.1. The third-order valence-electron chi connectivity index (χ3n) is 7.08. The van der Waals surface area contributed by atoms with Gasteiger partial charge in [0.1, 0.15) is 18.4 Å². The summed E-state index contributed by atoms with van der Waals surface area (Å²) in [4.78, 5) is 45.0. The molecule has 1 aliphatic rings. The quantitative estimate of drug-likeness (QED) is 0.176. The third-order valence-corrected chi connectivity index (χ3v) is 8.94. The van der Waals surface area contributed by atoms with Gasteiger partial charge in [0.05, 0.1) is 23.1 Å². The molecule has 0 saturated heterocycles. The number of hydrogen-bond acceptors (Lipinski definition) is 8. The number of aromatic nitrogens is 1. The van der Waals surface area contributed by atoms with Gasteiger partial charge in [0, 0.05) is 25.5 Å². The molecule has 3 aromatic carbocycles. The smallest absolute Gasteiger partial charge is 0.324 e. The molecular formula is C32H29N3O7S. The Morgan fingerprint density at radius 3 is 2.09 bits per heavy atom. The highest BCUT2D eigenvalue weighted by Gasteiger charge is 2.40. The monoisotopic (exact) mass is 599 g/mol. The molecule has 1 atom stereocenters. The highest BCUT2D eigenvalue weighted by atomic mass is 32.2. The van der Waals surface area contributed by atoms with E-state index in [2.05, 4.69) is 4.98 Å². The van der Waals surface area contributed by atoms with Gasteiger partial charge in [-0.15, -0.1) is 0 Å². The minimum atomic E-state index is -4.32. The van der Waals surface area contributed by atoms with E-state index in [0.717, 1.165) is 9.21 Å². The molecule has 10 nitrogen and oxygen atoms in total. The summed E-state index contributed by atoms with van der Waals surface area (Å²) in [7, 11) is -2.85. The third kappa shape index (κ3) is 6.47. The molecule has 0 spiro atoms. The first-order chi connectivity index (χ1) is 20.8. The summed E-state index contributed by atoms with van der Waals surface area (Å²) in [6.07, 6.45) is 2.86. The number of rotatable bonds is 12. The predicted molar refractivity (Wildman–Crippen MR) is 156 cm³/mol. The summed E-state index contributed by atoms with van der Waals surface area (Å²) in [6, 6.07) is 23.2. The van der Waals surface area contributed by atoms with Crippen LogP contribution in [-0.4, -0.2) is 60.1 Å². The molecule has 0 radical (unpaired) electrons. The number of carbonyl (C=O) groups excluding carboxylic acids is 3. The number of ether oxygens (including phenoxy) is 2. The number of esters is 1. The number of benzene rings is 3. The molecule has 43 heavy (non-hydrogen) atoms. The molecule has 1 unspecified atom stereocenters. The van der Waals surface area contributed by atoms with Gasteiger partial charge in [0.2, 0.25) is 10.0 Å². The van der Waals surface area contributed by atoms with Crippen LogP contribution in [-0.2, 0) is 32.7 Å². The maximum absolute atomic E-state index is 14.2. The fraction of sp³-hybridized carbons (Fsp3) is 0.188. The highest BCUT2D eigenvalue weighted by Crippen LogP contribution is 2.28. The average Bonchev–Trinajstić information content (AvgIpc) is 3.29. The normalized spacial score (nSPS) is 13.6. The van der Waals surface area contributed by atoms with Gasteiger partial charge in [-0.1, -0.05) is 48.5 Å². The summed E-state index contributed by atoms with van der Waals surface area (Å²) in [5, 5.41) is 0. The van der Waals surface area contributed by atoms with Gasteiger partial charge < -0.3 is 9.47 Å². The lowest BCUT2D eigenvalue weighted by Gasteiger charge is -2.30. The van der Waals surface area contributed by atoms with Crippen molar-refractivity contribution < 1.29 is 32.3 Å². The fourth-order valence-electron chi connectivity index (χ4n) is 4.82. The van der Waals surface area contributed by atoms with Crippen LogP contribution in [0.5, 0.6) is 5.75 Å². The Labute approximate surface area is 249 Å². The van der Waals surface area contributed by atoms with Gasteiger partial charge in [-0.25, -0.2) is 8.42 Å². The number of hydrogen-bond donors (Lipinski definition) is 0. The van der Waals surface area contributed by atoms with Crippen molar-refractivity contribution in [2.24, 2.45) is 0 Å². The number of methoxy groups -OCH3 is 1. The molecular weight excluding hydrogens is 570 g/mol. The van der Waals surface area contributed by atoms with Gasteiger partial charge in [-0.3, -0.25) is 24.3 Å². The van der Waals surface area contributed by atoms with Crippen molar-refractivity contribution in [2.75, 3.05) is 13.7 Å². The van der Waals surface area contributed by atoms with Crippen LogP contribution in [0, 0.1) is 0 Å². The lowest BCUT2D eigenvalue weighted by molar-refractivity contribution is -0.150. The second kappa shape index (κ2) is 13.0. The Morgan fingerprint density at radius 1 is 0.860 bits per heavy atom. The second-order valence-electron chi connectivity index (χ2n) is 9.79. The zero-order valence-electron chi connectivity index (χ0n) is 23.3. The number of sulfonamides is 1. The minimum absolute atomic E-state index is 0.0706. The fourth-order valence-corrected chi connectivity index (χ4v) is 6.41. The molecule has 0 bridgehead atoms. The van der Waals surface area contributed by atoms with E-state index >= 15 is 0 Å². The van der Waals surface area contributed by atoms with E-state index in [-0.39, 0.29) is 42.1 Å². The summed E-state index contributed by atoms with van der Waals surface area (Å²) in [6.45, 7) is -0.513.